The van der Waals surface area contributed by atoms with Gasteiger partial charge in [-0.2, -0.15) is 0 Å². The molecule has 7 heteroatoms. The van der Waals surface area contributed by atoms with Crippen LogP contribution in [0, 0.1) is 5.82 Å². The zero-order valence-corrected chi connectivity index (χ0v) is 15.1. The Labute approximate surface area is 159 Å². The third-order valence-corrected chi connectivity index (χ3v) is 4.94. The summed E-state index contributed by atoms with van der Waals surface area (Å²) >= 11 is 1.33. The molecule has 0 saturated heterocycles. The number of carbonyl (C=O) groups excluding carboxylic acids is 1. The van der Waals surface area contributed by atoms with Crippen molar-refractivity contribution in [2.45, 2.75) is 6.42 Å². The van der Waals surface area contributed by atoms with Crippen LogP contribution in [0.5, 0.6) is 0 Å². The molecule has 0 aliphatic carbocycles. The van der Waals surface area contributed by atoms with Crippen LogP contribution in [0.1, 0.15) is 16.1 Å². The number of para-hydroxylation sites is 1. The quantitative estimate of drug-likeness (QED) is 0.462. The van der Waals surface area contributed by atoms with E-state index < -0.39 is 0 Å². The normalized spacial score (nSPS) is 10.9. The zero-order valence-electron chi connectivity index (χ0n) is 14.3. The first kappa shape index (κ1) is 17.2. The van der Waals surface area contributed by atoms with Gasteiger partial charge in [-0.25, -0.2) is 9.37 Å². The van der Waals surface area contributed by atoms with Crippen LogP contribution in [0.25, 0.3) is 10.9 Å². The van der Waals surface area contributed by atoms with Crippen molar-refractivity contribution in [1.82, 2.24) is 15.3 Å². The van der Waals surface area contributed by atoms with Gasteiger partial charge in [0.15, 0.2) is 5.13 Å². The first-order valence-corrected chi connectivity index (χ1v) is 9.38. The van der Waals surface area contributed by atoms with Gasteiger partial charge in [0, 0.05) is 34.7 Å². The Hall–Kier alpha value is -3.19. The van der Waals surface area contributed by atoms with E-state index in [2.05, 4.69) is 26.7 Å². The number of benzene rings is 2. The molecular formula is C20H17FN4OS. The van der Waals surface area contributed by atoms with Gasteiger partial charge in [-0.3, -0.25) is 4.79 Å². The van der Waals surface area contributed by atoms with Gasteiger partial charge in [-0.15, -0.1) is 11.3 Å². The van der Waals surface area contributed by atoms with Gasteiger partial charge < -0.3 is 15.6 Å². The minimum atomic E-state index is -0.296. The third kappa shape index (κ3) is 3.98. The van der Waals surface area contributed by atoms with Crippen molar-refractivity contribution in [3.8, 4) is 0 Å². The number of fused-ring (bicyclic) bond motifs is 1. The Morgan fingerprint density at radius 2 is 1.96 bits per heavy atom. The van der Waals surface area contributed by atoms with Gasteiger partial charge in [0.25, 0.3) is 5.91 Å². The van der Waals surface area contributed by atoms with E-state index in [-0.39, 0.29) is 11.7 Å². The maximum Gasteiger partial charge on any atom is 0.270 e. The number of carbonyl (C=O) groups is 1. The van der Waals surface area contributed by atoms with E-state index in [0.29, 0.717) is 17.4 Å². The zero-order chi connectivity index (χ0) is 18.6. The van der Waals surface area contributed by atoms with Crippen molar-refractivity contribution in [3.63, 3.8) is 0 Å². The highest BCUT2D eigenvalue weighted by Crippen LogP contribution is 2.21. The number of anilines is 2. The lowest BCUT2D eigenvalue weighted by molar-refractivity contribution is 0.0950. The van der Waals surface area contributed by atoms with E-state index >= 15 is 0 Å². The average molecular weight is 380 g/mol. The summed E-state index contributed by atoms with van der Waals surface area (Å²) in [5.74, 6) is -0.506. The molecule has 27 heavy (non-hydrogen) atoms. The molecule has 2 heterocycles. The highest BCUT2D eigenvalue weighted by molar-refractivity contribution is 7.14. The minimum absolute atomic E-state index is 0.210. The molecule has 0 radical (unpaired) electrons. The Balaban J connectivity index is 1.33. The van der Waals surface area contributed by atoms with Crippen LogP contribution in [0.3, 0.4) is 0 Å². The van der Waals surface area contributed by atoms with Crippen LogP contribution >= 0.6 is 11.3 Å². The van der Waals surface area contributed by atoms with Gasteiger partial charge >= 0.3 is 0 Å². The fraction of sp³-hybridized carbons (Fsp3) is 0.100. The van der Waals surface area contributed by atoms with Crippen molar-refractivity contribution in [3.05, 3.63) is 77.2 Å². The largest absolute Gasteiger partial charge is 0.361 e. The molecule has 0 aliphatic heterocycles. The fourth-order valence-corrected chi connectivity index (χ4v) is 3.54. The molecule has 0 spiro atoms. The number of nitrogens with zero attached hydrogens (tertiary/aromatic N) is 1. The molecule has 4 rings (SSSR count). The maximum absolute atomic E-state index is 12.9. The van der Waals surface area contributed by atoms with Gasteiger partial charge in [-0.05, 0) is 42.3 Å². The second kappa shape index (κ2) is 7.59. The number of hydrogen-bond acceptors (Lipinski definition) is 4. The minimum Gasteiger partial charge on any atom is -0.361 e. The van der Waals surface area contributed by atoms with Crippen LogP contribution in [0.4, 0.5) is 15.2 Å². The molecule has 2 aromatic heterocycles. The van der Waals surface area contributed by atoms with Crippen LogP contribution in [0.15, 0.2) is 60.1 Å². The molecular weight excluding hydrogens is 363 g/mol. The van der Waals surface area contributed by atoms with Crippen molar-refractivity contribution >= 4 is 39.0 Å². The Morgan fingerprint density at radius 3 is 2.81 bits per heavy atom. The number of rotatable bonds is 6. The van der Waals surface area contributed by atoms with E-state index in [9.17, 15) is 9.18 Å². The number of aromatic amines is 1. The maximum atomic E-state index is 12.9. The summed E-state index contributed by atoms with van der Waals surface area (Å²) in [5, 5.41) is 9.42. The van der Waals surface area contributed by atoms with Crippen molar-refractivity contribution in [2.75, 3.05) is 11.9 Å². The number of nitrogens with one attached hydrogen (secondary N) is 3. The Bertz CT molecular complexity index is 1070. The van der Waals surface area contributed by atoms with E-state index in [1.54, 1.807) is 17.5 Å². The van der Waals surface area contributed by atoms with E-state index in [0.717, 1.165) is 17.6 Å². The van der Waals surface area contributed by atoms with E-state index in [1.165, 1.54) is 34.4 Å². The summed E-state index contributed by atoms with van der Waals surface area (Å²) in [5.41, 5.74) is 3.35. The molecule has 5 nitrogen and oxygen atoms in total. The molecule has 0 unspecified atom stereocenters. The second-order valence-electron chi connectivity index (χ2n) is 6.04. The molecule has 0 bridgehead atoms. The SMILES string of the molecule is O=C(NCCc1c[nH]c2ccccc12)c1csc(Nc2ccc(F)cc2)n1. The molecule has 3 N–H and O–H groups in total. The van der Waals surface area contributed by atoms with Crippen LogP contribution in [-0.2, 0) is 6.42 Å². The number of hydrogen-bond donors (Lipinski definition) is 3. The highest BCUT2D eigenvalue weighted by atomic mass is 32.1. The summed E-state index contributed by atoms with van der Waals surface area (Å²) in [7, 11) is 0. The number of aromatic nitrogens is 2. The molecule has 0 saturated carbocycles. The van der Waals surface area contributed by atoms with Gasteiger partial charge in [0.05, 0.1) is 0 Å². The molecule has 4 aromatic rings. The summed E-state index contributed by atoms with van der Waals surface area (Å²) in [6.45, 7) is 0.527. The Kier molecular flexibility index (Phi) is 4.84. The summed E-state index contributed by atoms with van der Waals surface area (Å²) in [4.78, 5) is 19.8. The van der Waals surface area contributed by atoms with Gasteiger partial charge in [0.1, 0.15) is 11.5 Å². The number of thiazole rings is 1. The first-order chi connectivity index (χ1) is 13.2. The lowest BCUT2D eigenvalue weighted by atomic mass is 10.1. The number of H-pyrrole nitrogens is 1. The highest BCUT2D eigenvalue weighted by Gasteiger charge is 2.11. The van der Waals surface area contributed by atoms with Gasteiger partial charge in [0.2, 0.25) is 0 Å². The lowest BCUT2D eigenvalue weighted by Crippen LogP contribution is -2.25. The molecule has 0 aliphatic rings. The number of amides is 1. The predicted octanol–water partition coefficient (Wildman–Crippen LogP) is 4.48. The van der Waals surface area contributed by atoms with Crippen LogP contribution < -0.4 is 10.6 Å². The second-order valence-corrected chi connectivity index (χ2v) is 6.89. The molecule has 2 aromatic carbocycles. The van der Waals surface area contributed by atoms with Crippen molar-refractivity contribution in [1.29, 1.82) is 0 Å². The number of halogens is 1. The summed E-state index contributed by atoms with van der Waals surface area (Å²) < 4.78 is 12.9. The Morgan fingerprint density at radius 1 is 1.15 bits per heavy atom. The fourth-order valence-electron chi connectivity index (χ4n) is 2.83. The molecule has 1 amide bonds. The first-order valence-electron chi connectivity index (χ1n) is 8.50. The predicted molar refractivity (Wildman–Crippen MR) is 106 cm³/mol. The average Bonchev–Trinajstić information content (AvgIpc) is 3.31. The van der Waals surface area contributed by atoms with E-state index in [4.69, 9.17) is 0 Å². The smallest absolute Gasteiger partial charge is 0.270 e. The summed E-state index contributed by atoms with van der Waals surface area (Å²) in [6, 6.07) is 14.1. The van der Waals surface area contributed by atoms with Crippen molar-refractivity contribution < 1.29 is 9.18 Å². The molecule has 0 fully saturated rings. The monoisotopic (exact) mass is 380 g/mol. The van der Waals surface area contributed by atoms with Crippen LogP contribution in [-0.4, -0.2) is 22.4 Å². The van der Waals surface area contributed by atoms with E-state index in [1.807, 2.05) is 24.4 Å². The third-order valence-electron chi connectivity index (χ3n) is 4.19. The standard InChI is InChI=1S/C20H17FN4OS/c21-14-5-7-15(8-6-14)24-20-25-18(12-27-20)19(26)22-10-9-13-11-23-17-4-2-1-3-16(13)17/h1-8,11-12,23H,9-10H2,(H,22,26)(H,24,25). The van der Waals surface area contributed by atoms with Crippen molar-refractivity contribution in [2.24, 2.45) is 0 Å². The topological polar surface area (TPSA) is 69.8 Å². The molecule has 136 valence electrons. The van der Waals surface area contributed by atoms with Gasteiger partial charge in [-0.1, -0.05) is 18.2 Å². The lowest BCUT2D eigenvalue weighted by Gasteiger charge is -2.03. The summed E-state index contributed by atoms with van der Waals surface area (Å²) in [6.07, 6.45) is 2.71. The van der Waals surface area contributed by atoms with Crippen LogP contribution in [0.2, 0.25) is 0 Å². The molecule has 0 atom stereocenters.